The van der Waals surface area contributed by atoms with Crippen LogP contribution >= 0.6 is 23.5 Å². The van der Waals surface area contributed by atoms with E-state index in [0.717, 1.165) is 11.5 Å². The van der Waals surface area contributed by atoms with Crippen LogP contribution in [0.25, 0.3) is 0 Å². The first kappa shape index (κ1) is 17.5. The van der Waals surface area contributed by atoms with Gasteiger partial charge in [0.1, 0.15) is 24.4 Å². The predicted molar refractivity (Wildman–Crippen MR) is 71.2 cm³/mol. The van der Waals surface area contributed by atoms with Crippen molar-refractivity contribution in [2.45, 2.75) is 42.8 Å². The minimum absolute atomic E-state index is 0.263. The summed E-state index contributed by atoms with van der Waals surface area (Å²) in [4.78, 5) is 0. The summed E-state index contributed by atoms with van der Waals surface area (Å²) in [6, 6.07) is 0. The van der Waals surface area contributed by atoms with E-state index < -0.39 is 31.0 Å². The molecule has 0 unspecified atom stereocenters. The summed E-state index contributed by atoms with van der Waals surface area (Å²) in [5.41, 5.74) is 0. The van der Waals surface area contributed by atoms with Crippen LogP contribution in [0.15, 0.2) is 0 Å². The van der Waals surface area contributed by atoms with Crippen molar-refractivity contribution < 1.29 is 25.5 Å². The quantitative estimate of drug-likeness (QED) is 0.356. The smallest absolute Gasteiger partial charge is 0.111 e. The van der Waals surface area contributed by atoms with E-state index in [1.54, 1.807) is 0 Å². The van der Waals surface area contributed by atoms with Gasteiger partial charge in [-0.25, -0.2) is 0 Å². The lowest BCUT2D eigenvalue weighted by Crippen LogP contribution is -2.48. The minimum Gasteiger partial charge on any atom is -0.394 e. The summed E-state index contributed by atoms with van der Waals surface area (Å²) < 4.78 is -0.263. The van der Waals surface area contributed by atoms with Crippen LogP contribution in [0.5, 0.6) is 0 Å². The van der Waals surface area contributed by atoms with Crippen LogP contribution in [0.1, 0.15) is 13.8 Å². The normalized spacial score (nSPS) is 19.1. The first-order chi connectivity index (χ1) is 7.99. The van der Waals surface area contributed by atoms with Crippen LogP contribution in [0.2, 0.25) is 0 Å². The molecule has 0 aliphatic carbocycles. The fourth-order valence-corrected chi connectivity index (χ4v) is 3.85. The summed E-state index contributed by atoms with van der Waals surface area (Å²) in [5, 5.41) is 47.0. The molecule has 0 aromatic rings. The Labute approximate surface area is 110 Å². The molecular formula is C10H22O5S2. The second-order valence-corrected chi connectivity index (χ2v) is 6.64. The van der Waals surface area contributed by atoms with Crippen molar-refractivity contribution in [2.24, 2.45) is 0 Å². The minimum atomic E-state index is -1.55. The molecule has 0 saturated heterocycles. The molecule has 0 fully saturated rings. The molecule has 0 aromatic carbocycles. The summed E-state index contributed by atoms with van der Waals surface area (Å²) >= 11 is 2.94. The van der Waals surface area contributed by atoms with E-state index in [2.05, 4.69) is 0 Å². The topological polar surface area (TPSA) is 101 Å². The molecule has 0 saturated carbocycles. The summed E-state index contributed by atoms with van der Waals surface area (Å²) in [7, 11) is 0. The van der Waals surface area contributed by atoms with Gasteiger partial charge in [-0.3, -0.25) is 0 Å². The average Bonchev–Trinajstić information content (AvgIpc) is 2.34. The van der Waals surface area contributed by atoms with Gasteiger partial charge < -0.3 is 25.5 Å². The van der Waals surface area contributed by atoms with Gasteiger partial charge in [0.15, 0.2) is 0 Å². The van der Waals surface area contributed by atoms with Crippen molar-refractivity contribution in [3.63, 3.8) is 0 Å². The van der Waals surface area contributed by atoms with Crippen molar-refractivity contribution in [3.05, 3.63) is 0 Å². The van der Waals surface area contributed by atoms with Gasteiger partial charge in [-0.2, -0.15) is 0 Å². The molecule has 0 radical (unpaired) electrons. The standard InChI is InChI=1S/C10H22O5S2/c1-3-16-10(17-4-2)9(15)8(14)7(13)6(12)5-11/h6-15H,3-5H2,1-2H3/t6-,7-,8-,9-/m0/s1. The lowest BCUT2D eigenvalue weighted by molar-refractivity contribution is -0.111. The number of hydrogen-bond donors (Lipinski definition) is 5. The Morgan fingerprint density at radius 1 is 0.824 bits per heavy atom. The monoisotopic (exact) mass is 286 g/mol. The molecule has 0 amide bonds. The largest absolute Gasteiger partial charge is 0.394 e. The van der Waals surface area contributed by atoms with Crippen LogP contribution < -0.4 is 0 Å². The van der Waals surface area contributed by atoms with Crippen LogP contribution in [0.4, 0.5) is 0 Å². The van der Waals surface area contributed by atoms with Crippen LogP contribution in [-0.2, 0) is 0 Å². The maximum atomic E-state index is 9.91. The summed E-state index contributed by atoms with van der Waals surface area (Å²) in [6.07, 6.45) is -5.62. The van der Waals surface area contributed by atoms with Crippen molar-refractivity contribution >= 4 is 23.5 Å². The van der Waals surface area contributed by atoms with Crippen molar-refractivity contribution in [2.75, 3.05) is 18.1 Å². The number of thioether (sulfide) groups is 2. The average molecular weight is 286 g/mol. The summed E-state index contributed by atoms with van der Waals surface area (Å²) in [5.74, 6) is 1.56. The van der Waals surface area contributed by atoms with Crippen LogP contribution in [0.3, 0.4) is 0 Å². The third-order valence-electron chi connectivity index (χ3n) is 2.22. The summed E-state index contributed by atoms with van der Waals surface area (Å²) in [6.45, 7) is 3.22. The lowest BCUT2D eigenvalue weighted by atomic mass is 10.0. The van der Waals surface area contributed by atoms with Gasteiger partial charge in [0.2, 0.25) is 0 Å². The number of rotatable bonds is 9. The van der Waals surface area contributed by atoms with Gasteiger partial charge in [-0.15, -0.1) is 23.5 Å². The molecule has 104 valence electrons. The van der Waals surface area contributed by atoms with Gasteiger partial charge in [0.05, 0.1) is 11.2 Å². The molecule has 0 rings (SSSR count). The zero-order valence-electron chi connectivity index (χ0n) is 10.1. The SMILES string of the molecule is CCSC(SCC)[C@@H](O)[C@@H](O)[C@@H](O)[C@@H](O)CO. The second kappa shape index (κ2) is 9.43. The predicted octanol–water partition coefficient (Wildman–Crippen LogP) is -0.745. The molecule has 5 nitrogen and oxygen atoms in total. The van der Waals surface area contributed by atoms with Crippen molar-refractivity contribution in [1.29, 1.82) is 0 Å². The molecule has 0 bridgehead atoms. The molecule has 0 spiro atoms. The second-order valence-electron chi connectivity index (χ2n) is 3.50. The van der Waals surface area contributed by atoms with E-state index in [9.17, 15) is 20.4 Å². The van der Waals surface area contributed by atoms with E-state index in [1.165, 1.54) is 23.5 Å². The Bertz CT molecular complexity index is 190. The van der Waals surface area contributed by atoms with E-state index in [1.807, 2.05) is 13.8 Å². The maximum absolute atomic E-state index is 9.91. The Morgan fingerprint density at radius 3 is 1.65 bits per heavy atom. The highest BCUT2D eigenvalue weighted by Gasteiger charge is 2.34. The fourth-order valence-electron chi connectivity index (χ4n) is 1.27. The molecule has 7 heteroatoms. The first-order valence-corrected chi connectivity index (χ1v) is 7.65. The Morgan fingerprint density at radius 2 is 1.29 bits per heavy atom. The third-order valence-corrected chi connectivity index (χ3v) is 4.92. The molecule has 0 heterocycles. The lowest BCUT2D eigenvalue weighted by Gasteiger charge is -2.30. The first-order valence-electron chi connectivity index (χ1n) is 5.55. The van der Waals surface area contributed by atoms with E-state index in [-0.39, 0.29) is 4.58 Å². The van der Waals surface area contributed by atoms with Gasteiger partial charge >= 0.3 is 0 Å². The van der Waals surface area contributed by atoms with E-state index in [0.29, 0.717) is 0 Å². The van der Waals surface area contributed by atoms with Gasteiger partial charge in [0.25, 0.3) is 0 Å². The van der Waals surface area contributed by atoms with Crippen LogP contribution in [0, 0.1) is 0 Å². The van der Waals surface area contributed by atoms with Gasteiger partial charge in [-0.05, 0) is 11.5 Å². The van der Waals surface area contributed by atoms with Crippen molar-refractivity contribution in [1.82, 2.24) is 0 Å². The maximum Gasteiger partial charge on any atom is 0.111 e. The molecule has 17 heavy (non-hydrogen) atoms. The molecule has 0 aliphatic rings. The Hall–Kier alpha value is 0.500. The molecular weight excluding hydrogens is 264 g/mol. The zero-order valence-corrected chi connectivity index (χ0v) is 11.7. The van der Waals surface area contributed by atoms with Crippen LogP contribution in [-0.4, -0.2) is 72.6 Å². The Kier molecular flexibility index (Phi) is 9.71. The van der Waals surface area contributed by atoms with E-state index >= 15 is 0 Å². The highest BCUT2D eigenvalue weighted by atomic mass is 32.2. The highest BCUT2D eigenvalue weighted by molar-refractivity contribution is 8.17. The van der Waals surface area contributed by atoms with Gasteiger partial charge in [-0.1, -0.05) is 13.8 Å². The van der Waals surface area contributed by atoms with E-state index in [4.69, 9.17) is 5.11 Å². The highest BCUT2D eigenvalue weighted by Crippen LogP contribution is 2.29. The molecule has 0 aromatic heterocycles. The number of aliphatic hydroxyl groups is 5. The molecule has 5 N–H and O–H groups in total. The Balaban J connectivity index is 4.46. The number of aliphatic hydroxyl groups excluding tert-OH is 5. The molecule has 0 aliphatic heterocycles. The van der Waals surface area contributed by atoms with Gasteiger partial charge in [0, 0.05) is 0 Å². The zero-order chi connectivity index (χ0) is 13.4. The fraction of sp³-hybridized carbons (Fsp3) is 1.00. The third kappa shape index (κ3) is 5.78. The molecule has 4 atom stereocenters. The van der Waals surface area contributed by atoms with Crippen molar-refractivity contribution in [3.8, 4) is 0 Å². The number of hydrogen-bond acceptors (Lipinski definition) is 7.